The monoisotopic (exact) mass is 230 g/mol. The summed E-state index contributed by atoms with van der Waals surface area (Å²) in [5, 5.41) is 4.11. The van der Waals surface area contributed by atoms with Crippen LogP contribution in [0.1, 0.15) is 19.8 Å². The van der Waals surface area contributed by atoms with Gasteiger partial charge < -0.3 is 15.0 Å². The summed E-state index contributed by atoms with van der Waals surface area (Å²) in [7, 11) is 3.79. The number of methoxy groups -OCH3 is 1. The number of thiocarbonyl (C=S) groups is 1. The van der Waals surface area contributed by atoms with E-state index >= 15 is 0 Å². The van der Waals surface area contributed by atoms with Crippen LogP contribution in [0.4, 0.5) is 0 Å². The summed E-state index contributed by atoms with van der Waals surface area (Å²) in [5.74, 6) is 1.75. The van der Waals surface area contributed by atoms with Crippen LogP contribution in [0.15, 0.2) is 0 Å². The first-order chi connectivity index (χ1) is 7.15. The second-order valence-corrected chi connectivity index (χ2v) is 4.82. The zero-order chi connectivity index (χ0) is 11.3. The first-order valence-corrected chi connectivity index (χ1v) is 6.04. The van der Waals surface area contributed by atoms with Crippen molar-refractivity contribution in [1.29, 1.82) is 0 Å². The number of nitrogens with one attached hydrogen (secondary N) is 1. The van der Waals surface area contributed by atoms with Gasteiger partial charge in [0.1, 0.15) is 0 Å². The Morgan fingerprint density at radius 3 is 2.80 bits per heavy atom. The molecule has 1 saturated carbocycles. The van der Waals surface area contributed by atoms with Crippen molar-refractivity contribution in [2.75, 3.05) is 33.9 Å². The van der Waals surface area contributed by atoms with Gasteiger partial charge in [0.05, 0.1) is 0 Å². The molecule has 0 aromatic rings. The maximum absolute atomic E-state index is 5.29. The van der Waals surface area contributed by atoms with Gasteiger partial charge in [-0.15, -0.1) is 0 Å². The van der Waals surface area contributed by atoms with Crippen LogP contribution < -0.4 is 5.32 Å². The number of rotatable bonds is 6. The van der Waals surface area contributed by atoms with Gasteiger partial charge in [0.2, 0.25) is 0 Å². The van der Waals surface area contributed by atoms with Gasteiger partial charge in [-0.2, -0.15) is 0 Å². The lowest BCUT2D eigenvalue weighted by atomic mass is 10.3. The first-order valence-electron chi connectivity index (χ1n) is 5.63. The molecule has 3 nitrogen and oxygen atoms in total. The molecule has 0 spiro atoms. The fourth-order valence-corrected chi connectivity index (χ4v) is 1.81. The SMILES string of the molecule is COCCCNC(=S)N(C)CC1CC1C. The van der Waals surface area contributed by atoms with Crippen LogP contribution in [0.25, 0.3) is 0 Å². The molecule has 1 N–H and O–H groups in total. The van der Waals surface area contributed by atoms with E-state index in [1.54, 1.807) is 7.11 Å². The van der Waals surface area contributed by atoms with E-state index in [1.165, 1.54) is 6.42 Å². The molecule has 0 aliphatic heterocycles. The van der Waals surface area contributed by atoms with Gasteiger partial charge in [0.25, 0.3) is 0 Å². The second-order valence-electron chi connectivity index (χ2n) is 4.43. The highest BCUT2D eigenvalue weighted by atomic mass is 32.1. The Balaban J connectivity index is 2.05. The van der Waals surface area contributed by atoms with Gasteiger partial charge in [0, 0.05) is 33.9 Å². The topological polar surface area (TPSA) is 24.5 Å². The average molecular weight is 230 g/mol. The van der Waals surface area contributed by atoms with E-state index in [2.05, 4.69) is 24.2 Å². The van der Waals surface area contributed by atoms with E-state index in [1.807, 2.05) is 0 Å². The predicted octanol–water partition coefficient (Wildman–Crippen LogP) is 1.49. The lowest BCUT2D eigenvalue weighted by Gasteiger charge is -2.20. The van der Waals surface area contributed by atoms with Crippen LogP contribution in [-0.2, 0) is 4.74 Å². The minimum atomic E-state index is 0.791. The molecule has 0 bridgehead atoms. The molecule has 1 rings (SSSR count). The standard InChI is InChI=1S/C11H22N2OS/c1-9-7-10(9)8-13(2)11(15)12-5-4-6-14-3/h9-10H,4-8H2,1-3H3,(H,12,15). The number of ether oxygens (including phenoxy) is 1. The van der Waals surface area contributed by atoms with Crippen molar-refractivity contribution in [2.24, 2.45) is 11.8 Å². The van der Waals surface area contributed by atoms with Crippen LogP contribution in [0.2, 0.25) is 0 Å². The highest BCUT2D eigenvalue weighted by Gasteiger charge is 2.33. The van der Waals surface area contributed by atoms with Gasteiger partial charge in [-0.3, -0.25) is 0 Å². The molecule has 1 aliphatic carbocycles. The van der Waals surface area contributed by atoms with E-state index in [9.17, 15) is 0 Å². The van der Waals surface area contributed by atoms with Gasteiger partial charge in [0.15, 0.2) is 5.11 Å². The van der Waals surface area contributed by atoms with Gasteiger partial charge in [-0.25, -0.2) is 0 Å². The molecular formula is C11H22N2OS. The summed E-state index contributed by atoms with van der Waals surface area (Å²) in [6.07, 6.45) is 2.36. The van der Waals surface area contributed by atoms with Crippen molar-refractivity contribution in [3.8, 4) is 0 Å². The largest absolute Gasteiger partial charge is 0.385 e. The van der Waals surface area contributed by atoms with E-state index < -0.39 is 0 Å². The van der Waals surface area contributed by atoms with Crippen LogP contribution in [0.3, 0.4) is 0 Å². The first kappa shape index (κ1) is 12.7. The molecule has 0 saturated heterocycles. The van der Waals surface area contributed by atoms with Crippen molar-refractivity contribution >= 4 is 17.3 Å². The van der Waals surface area contributed by atoms with Crippen LogP contribution in [-0.4, -0.2) is 43.9 Å². The maximum atomic E-state index is 5.29. The molecule has 2 atom stereocenters. The summed E-state index contributed by atoms with van der Waals surface area (Å²) in [5.41, 5.74) is 0. The highest BCUT2D eigenvalue weighted by molar-refractivity contribution is 7.80. The van der Waals surface area contributed by atoms with Crippen LogP contribution >= 0.6 is 12.2 Å². The lowest BCUT2D eigenvalue weighted by Crippen LogP contribution is -2.38. The molecule has 15 heavy (non-hydrogen) atoms. The third-order valence-corrected chi connectivity index (χ3v) is 3.39. The summed E-state index contributed by atoms with van der Waals surface area (Å²) < 4.78 is 4.98. The molecule has 1 aliphatic rings. The molecule has 4 heteroatoms. The Morgan fingerprint density at radius 1 is 1.60 bits per heavy atom. The quantitative estimate of drug-likeness (QED) is 0.552. The van der Waals surface area contributed by atoms with Gasteiger partial charge in [-0.05, 0) is 36.9 Å². The van der Waals surface area contributed by atoms with Crippen molar-refractivity contribution in [2.45, 2.75) is 19.8 Å². The average Bonchev–Trinajstić information content (AvgIpc) is 2.88. The minimum absolute atomic E-state index is 0.791. The Kier molecular flexibility index (Phi) is 5.32. The molecule has 0 aromatic heterocycles. The van der Waals surface area contributed by atoms with Crippen molar-refractivity contribution < 1.29 is 4.74 Å². The van der Waals surface area contributed by atoms with E-state index in [0.717, 1.165) is 43.1 Å². The predicted molar refractivity (Wildman–Crippen MR) is 67.0 cm³/mol. The molecule has 88 valence electrons. The number of hydrogen-bond donors (Lipinski definition) is 1. The normalized spacial score (nSPS) is 23.7. The fraction of sp³-hybridized carbons (Fsp3) is 0.909. The zero-order valence-corrected chi connectivity index (χ0v) is 10.8. The summed E-state index contributed by atoms with van der Waals surface area (Å²) in [6.45, 7) is 5.08. The third-order valence-electron chi connectivity index (χ3n) is 2.93. The Hall–Kier alpha value is -0.350. The van der Waals surface area contributed by atoms with E-state index in [4.69, 9.17) is 17.0 Å². The smallest absolute Gasteiger partial charge is 0.168 e. The Bertz CT molecular complexity index is 211. The van der Waals surface area contributed by atoms with E-state index in [-0.39, 0.29) is 0 Å². The molecule has 0 radical (unpaired) electrons. The van der Waals surface area contributed by atoms with E-state index in [0.29, 0.717) is 0 Å². The summed E-state index contributed by atoms with van der Waals surface area (Å²) in [4.78, 5) is 2.15. The van der Waals surface area contributed by atoms with Crippen molar-refractivity contribution in [3.63, 3.8) is 0 Å². The molecule has 1 fully saturated rings. The number of hydrogen-bond acceptors (Lipinski definition) is 2. The Morgan fingerprint density at radius 2 is 2.27 bits per heavy atom. The van der Waals surface area contributed by atoms with Gasteiger partial charge >= 0.3 is 0 Å². The highest BCUT2D eigenvalue weighted by Crippen LogP contribution is 2.37. The lowest BCUT2D eigenvalue weighted by molar-refractivity contribution is 0.195. The molecule has 2 unspecified atom stereocenters. The second kappa shape index (κ2) is 6.28. The fourth-order valence-electron chi connectivity index (χ4n) is 1.63. The molecule has 0 aromatic carbocycles. The summed E-state index contributed by atoms with van der Waals surface area (Å²) >= 11 is 5.29. The van der Waals surface area contributed by atoms with Crippen molar-refractivity contribution in [1.82, 2.24) is 10.2 Å². The minimum Gasteiger partial charge on any atom is -0.385 e. The molecular weight excluding hydrogens is 208 g/mol. The molecule has 0 amide bonds. The third kappa shape index (κ3) is 4.80. The van der Waals surface area contributed by atoms with Crippen LogP contribution in [0.5, 0.6) is 0 Å². The molecule has 0 heterocycles. The Labute approximate surface area is 98.2 Å². The number of nitrogens with zero attached hydrogens (tertiary/aromatic N) is 1. The maximum Gasteiger partial charge on any atom is 0.168 e. The van der Waals surface area contributed by atoms with Gasteiger partial charge in [-0.1, -0.05) is 6.92 Å². The van der Waals surface area contributed by atoms with Crippen molar-refractivity contribution in [3.05, 3.63) is 0 Å². The summed E-state index contributed by atoms with van der Waals surface area (Å²) in [6, 6.07) is 0. The zero-order valence-electron chi connectivity index (χ0n) is 9.95. The van der Waals surface area contributed by atoms with Crippen LogP contribution in [0, 0.1) is 11.8 Å².